The summed E-state index contributed by atoms with van der Waals surface area (Å²) in [4.78, 5) is 9.94. The molecule has 0 aliphatic heterocycles. The van der Waals surface area contributed by atoms with Crippen LogP contribution >= 0.6 is 0 Å². The van der Waals surface area contributed by atoms with Crippen LogP contribution in [0.15, 0.2) is 6.58 Å². The maximum absolute atomic E-state index is 9.94. The fourth-order valence-electron chi connectivity index (χ4n) is 0.176. The van der Waals surface area contributed by atoms with Gasteiger partial charge in [-0.3, -0.25) is 6.58 Å². The molecule has 7 heavy (non-hydrogen) atoms. The molecule has 0 aliphatic rings. The van der Waals surface area contributed by atoms with Crippen LogP contribution in [0.1, 0.15) is 13.3 Å². The molecule has 0 rings (SSSR count). The van der Waals surface area contributed by atoms with Gasteiger partial charge in [-0.1, -0.05) is 0 Å². The van der Waals surface area contributed by atoms with Crippen molar-refractivity contribution in [3.05, 3.63) is 12.7 Å². The predicted octanol–water partition coefficient (Wildman–Crippen LogP) is 0.952. The number of Topliss-reactive ketones (excluding diaryl/α,β-unsaturated/α-hetero) is 1. The van der Waals surface area contributed by atoms with E-state index >= 15 is 0 Å². The Bertz CT molecular complexity index is 68.5. The van der Waals surface area contributed by atoms with E-state index in [-0.39, 0.29) is 38.5 Å². The first kappa shape index (κ1) is 10.5. The van der Waals surface area contributed by atoms with Crippen LogP contribution < -0.4 is 0 Å². The van der Waals surface area contributed by atoms with E-state index in [1.54, 1.807) is 0 Å². The average Bonchev–Trinajstić information content (AvgIpc) is 1.35. The zero-order chi connectivity index (χ0) is 4.99. The third kappa shape index (κ3) is 10.7. The SMILES string of the molecule is C=[C-]CC(C)=O.[Y]. The zero-order valence-corrected chi connectivity index (χ0v) is 7.24. The maximum atomic E-state index is 9.94. The quantitative estimate of drug-likeness (QED) is 0.566. The smallest absolute Gasteiger partial charge is 0.101 e. The molecule has 0 spiro atoms. The summed E-state index contributed by atoms with van der Waals surface area (Å²) in [6.45, 7) is 4.77. The molecule has 0 unspecified atom stereocenters. The van der Waals surface area contributed by atoms with Crippen LogP contribution in [-0.4, -0.2) is 5.78 Å². The number of allylic oxidation sites excluding steroid dienone is 1. The van der Waals surface area contributed by atoms with Crippen molar-refractivity contribution in [2.45, 2.75) is 13.3 Å². The first-order valence-corrected chi connectivity index (χ1v) is 1.76. The molecule has 0 heterocycles. The Labute approximate surface area is 69.1 Å². The molecule has 0 saturated carbocycles. The molecule has 0 aliphatic carbocycles. The number of carbonyl (C=O) groups excluding carboxylic acids is 1. The third-order valence-corrected chi connectivity index (χ3v) is 0.374. The van der Waals surface area contributed by atoms with E-state index in [0.29, 0.717) is 6.42 Å². The summed E-state index contributed by atoms with van der Waals surface area (Å²) in [5, 5.41) is 0. The summed E-state index contributed by atoms with van der Waals surface area (Å²) >= 11 is 0. The summed E-state index contributed by atoms with van der Waals surface area (Å²) < 4.78 is 0. The van der Waals surface area contributed by atoms with Crippen molar-refractivity contribution in [3.63, 3.8) is 0 Å². The topological polar surface area (TPSA) is 17.1 Å². The summed E-state index contributed by atoms with van der Waals surface area (Å²) in [5.74, 6) is 0.116. The Morgan fingerprint density at radius 2 is 2.29 bits per heavy atom. The number of hydrogen-bond acceptors (Lipinski definition) is 1. The van der Waals surface area contributed by atoms with Gasteiger partial charge in [-0.25, -0.2) is 0 Å². The van der Waals surface area contributed by atoms with Crippen LogP contribution in [0.4, 0.5) is 0 Å². The van der Waals surface area contributed by atoms with Crippen molar-refractivity contribution in [2.24, 2.45) is 0 Å². The molecule has 0 atom stereocenters. The molecule has 0 amide bonds. The normalized spacial score (nSPS) is 6.43. The largest absolute Gasteiger partial charge is 0.497 e. The molecule has 0 saturated heterocycles. The molecule has 0 N–H and O–H groups in total. The number of rotatable bonds is 2. The molecular weight excluding hydrogens is 165 g/mol. The van der Waals surface area contributed by atoms with Gasteiger partial charge in [0.25, 0.3) is 0 Å². The second kappa shape index (κ2) is 6.51. The average molecular weight is 172 g/mol. The minimum absolute atomic E-state index is 0. The second-order valence-corrected chi connectivity index (χ2v) is 1.13. The Kier molecular flexibility index (Phi) is 9.76. The molecule has 0 bridgehead atoms. The van der Waals surface area contributed by atoms with Gasteiger partial charge in [-0.05, 0) is 6.92 Å². The van der Waals surface area contributed by atoms with E-state index < -0.39 is 0 Å². The molecule has 0 fully saturated rings. The fourth-order valence-corrected chi connectivity index (χ4v) is 0.176. The molecule has 37 valence electrons. The molecule has 1 radical (unpaired) electrons. The molecular formula is C5H7OY-. The van der Waals surface area contributed by atoms with E-state index in [0.717, 1.165) is 0 Å². The number of carbonyl (C=O) groups is 1. The summed E-state index contributed by atoms with van der Waals surface area (Å²) in [6.07, 6.45) is 2.84. The minimum Gasteiger partial charge on any atom is -0.497 e. The van der Waals surface area contributed by atoms with Crippen LogP contribution in [0.2, 0.25) is 0 Å². The monoisotopic (exact) mass is 172 g/mol. The van der Waals surface area contributed by atoms with Crippen LogP contribution in [0.5, 0.6) is 0 Å². The number of ketones is 1. The van der Waals surface area contributed by atoms with Crippen LogP contribution in [0.3, 0.4) is 0 Å². The van der Waals surface area contributed by atoms with Gasteiger partial charge in [0.1, 0.15) is 5.78 Å². The van der Waals surface area contributed by atoms with Gasteiger partial charge in [-0.2, -0.15) is 0 Å². The van der Waals surface area contributed by atoms with E-state index in [2.05, 4.69) is 12.7 Å². The third-order valence-electron chi connectivity index (χ3n) is 0.374. The Morgan fingerprint density at radius 1 is 1.86 bits per heavy atom. The Morgan fingerprint density at radius 3 is 2.29 bits per heavy atom. The Hall–Kier alpha value is 0.514. The first-order chi connectivity index (χ1) is 2.77. The molecule has 0 aromatic carbocycles. The van der Waals surface area contributed by atoms with Crippen LogP contribution in [-0.2, 0) is 37.5 Å². The molecule has 2 heteroatoms. The standard InChI is InChI=1S/C5H7O.Y/c1-3-4-5(2)6;/h1,4H2,2H3;/q-1;. The van der Waals surface area contributed by atoms with Gasteiger partial charge in [-0.15, -0.1) is 6.42 Å². The van der Waals surface area contributed by atoms with E-state index in [4.69, 9.17) is 0 Å². The summed E-state index contributed by atoms with van der Waals surface area (Å²) in [7, 11) is 0. The van der Waals surface area contributed by atoms with Crippen molar-refractivity contribution in [3.8, 4) is 0 Å². The van der Waals surface area contributed by atoms with Gasteiger partial charge in [0.05, 0.1) is 0 Å². The van der Waals surface area contributed by atoms with Crippen molar-refractivity contribution >= 4 is 5.78 Å². The van der Waals surface area contributed by atoms with Crippen LogP contribution in [0, 0.1) is 6.08 Å². The summed E-state index contributed by atoms with van der Waals surface area (Å²) in [5.41, 5.74) is 0. The van der Waals surface area contributed by atoms with Gasteiger partial charge in [0.15, 0.2) is 0 Å². The van der Waals surface area contributed by atoms with E-state index in [1.807, 2.05) is 0 Å². The van der Waals surface area contributed by atoms with Gasteiger partial charge < -0.3 is 10.9 Å². The van der Waals surface area contributed by atoms with Crippen molar-refractivity contribution < 1.29 is 37.5 Å². The van der Waals surface area contributed by atoms with Crippen molar-refractivity contribution in [2.75, 3.05) is 0 Å². The maximum Gasteiger partial charge on any atom is 0.101 e. The Balaban J connectivity index is 0. The summed E-state index contributed by atoms with van der Waals surface area (Å²) in [6, 6.07) is 0. The van der Waals surface area contributed by atoms with E-state index in [9.17, 15) is 4.79 Å². The van der Waals surface area contributed by atoms with Gasteiger partial charge in [0.2, 0.25) is 0 Å². The zero-order valence-electron chi connectivity index (χ0n) is 4.40. The second-order valence-electron chi connectivity index (χ2n) is 1.13. The minimum atomic E-state index is 0. The van der Waals surface area contributed by atoms with Crippen LogP contribution in [0.25, 0.3) is 0 Å². The van der Waals surface area contributed by atoms with Crippen molar-refractivity contribution in [1.29, 1.82) is 0 Å². The molecule has 0 aromatic heterocycles. The number of hydrogen-bond donors (Lipinski definition) is 0. The van der Waals surface area contributed by atoms with Gasteiger partial charge in [0, 0.05) is 32.7 Å². The van der Waals surface area contributed by atoms with Gasteiger partial charge >= 0.3 is 0 Å². The fraction of sp³-hybridized carbons (Fsp3) is 0.400. The molecule has 1 nitrogen and oxygen atoms in total. The van der Waals surface area contributed by atoms with Crippen molar-refractivity contribution in [1.82, 2.24) is 0 Å². The predicted molar refractivity (Wildman–Crippen MR) is 24.2 cm³/mol. The van der Waals surface area contributed by atoms with E-state index in [1.165, 1.54) is 6.92 Å². The first-order valence-electron chi connectivity index (χ1n) is 1.76. The molecule has 0 aromatic rings.